The molecule has 3 aromatic rings. The van der Waals surface area contributed by atoms with Crippen LogP contribution in [0, 0.1) is 0 Å². The molecule has 0 saturated heterocycles. The van der Waals surface area contributed by atoms with Crippen molar-refractivity contribution in [1.29, 1.82) is 0 Å². The Kier molecular flexibility index (Phi) is 5.78. The lowest BCUT2D eigenvalue weighted by Gasteiger charge is -2.13. The second-order valence-electron chi connectivity index (χ2n) is 5.48. The molecule has 3 aromatic heterocycles. The van der Waals surface area contributed by atoms with E-state index in [-0.39, 0.29) is 11.6 Å². The van der Waals surface area contributed by atoms with Gasteiger partial charge in [0.25, 0.3) is 5.56 Å². The van der Waals surface area contributed by atoms with Gasteiger partial charge in [0.05, 0.1) is 11.4 Å². The van der Waals surface area contributed by atoms with E-state index in [1.165, 1.54) is 11.3 Å². The van der Waals surface area contributed by atoms with E-state index in [9.17, 15) is 4.79 Å². The lowest BCUT2D eigenvalue weighted by molar-refractivity contribution is 0.144. The SMILES string of the molecule is CCOCCCN[C@H](C)c1nc2scc(-c3cccs3)c2c(=O)[nH]1. The maximum absolute atomic E-state index is 12.6. The summed E-state index contributed by atoms with van der Waals surface area (Å²) in [7, 11) is 0. The number of H-pyrrole nitrogens is 1. The Morgan fingerprint density at radius 1 is 1.42 bits per heavy atom. The normalized spacial score (nSPS) is 12.8. The van der Waals surface area contributed by atoms with E-state index in [1.807, 2.05) is 36.7 Å². The summed E-state index contributed by atoms with van der Waals surface area (Å²) in [4.78, 5) is 22.1. The van der Waals surface area contributed by atoms with Crippen LogP contribution in [0.15, 0.2) is 27.7 Å². The molecular formula is C17H21N3O2S2. The summed E-state index contributed by atoms with van der Waals surface area (Å²) in [5.41, 5.74) is 0.908. The number of aromatic nitrogens is 2. The first-order valence-electron chi connectivity index (χ1n) is 8.07. The smallest absolute Gasteiger partial charge is 0.260 e. The molecule has 0 unspecified atom stereocenters. The van der Waals surface area contributed by atoms with Crippen molar-refractivity contribution in [2.45, 2.75) is 26.3 Å². The molecule has 0 aliphatic rings. The molecule has 2 N–H and O–H groups in total. The number of rotatable bonds is 8. The summed E-state index contributed by atoms with van der Waals surface area (Å²) in [6.45, 7) is 6.32. The van der Waals surface area contributed by atoms with Crippen LogP contribution >= 0.6 is 22.7 Å². The lowest BCUT2D eigenvalue weighted by Crippen LogP contribution is -2.25. The monoisotopic (exact) mass is 363 g/mol. The van der Waals surface area contributed by atoms with Crippen molar-refractivity contribution in [3.05, 3.63) is 39.1 Å². The van der Waals surface area contributed by atoms with E-state index >= 15 is 0 Å². The van der Waals surface area contributed by atoms with Gasteiger partial charge in [-0.1, -0.05) is 6.07 Å². The van der Waals surface area contributed by atoms with Gasteiger partial charge in [0, 0.05) is 29.0 Å². The fraction of sp³-hybridized carbons (Fsp3) is 0.412. The highest BCUT2D eigenvalue weighted by Crippen LogP contribution is 2.33. The molecule has 3 rings (SSSR count). The average Bonchev–Trinajstić information content (AvgIpc) is 3.23. The first-order chi connectivity index (χ1) is 11.7. The van der Waals surface area contributed by atoms with E-state index in [0.29, 0.717) is 11.2 Å². The van der Waals surface area contributed by atoms with E-state index in [4.69, 9.17) is 4.74 Å². The predicted molar refractivity (Wildman–Crippen MR) is 101 cm³/mol. The highest BCUT2D eigenvalue weighted by Gasteiger charge is 2.15. The van der Waals surface area contributed by atoms with E-state index in [1.54, 1.807) is 11.3 Å². The van der Waals surface area contributed by atoms with Crippen LogP contribution in [-0.4, -0.2) is 29.7 Å². The van der Waals surface area contributed by atoms with Gasteiger partial charge in [0.2, 0.25) is 0 Å². The molecule has 1 atom stereocenters. The van der Waals surface area contributed by atoms with Crippen LogP contribution in [0.25, 0.3) is 20.7 Å². The topological polar surface area (TPSA) is 67.0 Å². The highest BCUT2D eigenvalue weighted by atomic mass is 32.1. The standard InChI is InChI=1S/C17H21N3O2S2/c1-3-22-8-5-7-18-11(2)15-19-16(21)14-12(10-24-17(14)20-15)13-6-4-9-23-13/h4,6,9-11,18H,3,5,7-8H2,1-2H3,(H,19,20,21)/t11-/m1/s1. The van der Waals surface area contributed by atoms with Gasteiger partial charge in [-0.15, -0.1) is 22.7 Å². The molecule has 7 heteroatoms. The molecule has 0 aliphatic carbocycles. The number of fused-ring (bicyclic) bond motifs is 1. The predicted octanol–water partition coefficient (Wildman–Crippen LogP) is 3.79. The molecule has 0 aliphatic heterocycles. The minimum absolute atomic E-state index is 0.00369. The molecule has 0 saturated carbocycles. The van der Waals surface area contributed by atoms with Crippen molar-refractivity contribution < 1.29 is 4.74 Å². The summed E-state index contributed by atoms with van der Waals surface area (Å²) >= 11 is 3.15. The molecule has 0 fully saturated rings. The zero-order chi connectivity index (χ0) is 16.9. The summed E-state index contributed by atoms with van der Waals surface area (Å²) in [5, 5.41) is 8.10. The maximum atomic E-state index is 12.6. The number of aromatic amines is 1. The molecule has 0 aromatic carbocycles. The van der Waals surface area contributed by atoms with Crippen LogP contribution in [0.1, 0.15) is 32.1 Å². The van der Waals surface area contributed by atoms with Gasteiger partial charge < -0.3 is 15.0 Å². The van der Waals surface area contributed by atoms with Gasteiger partial charge >= 0.3 is 0 Å². The van der Waals surface area contributed by atoms with Gasteiger partial charge in [0.1, 0.15) is 10.7 Å². The largest absolute Gasteiger partial charge is 0.382 e. The number of ether oxygens (including phenoxy) is 1. The summed E-state index contributed by atoms with van der Waals surface area (Å²) < 4.78 is 5.33. The zero-order valence-electron chi connectivity index (χ0n) is 13.8. The maximum Gasteiger partial charge on any atom is 0.260 e. The Morgan fingerprint density at radius 3 is 3.04 bits per heavy atom. The van der Waals surface area contributed by atoms with Gasteiger partial charge in [-0.25, -0.2) is 4.98 Å². The fourth-order valence-corrected chi connectivity index (χ4v) is 4.29. The second-order valence-corrected chi connectivity index (χ2v) is 7.29. The van der Waals surface area contributed by atoms with Gasteiger partial charge in [-0.2, -0.15) is 0 Å². The van der Waals surface area contributed by atoms with Gasteiger partial charge in [0.15, 0.2) is 0 Å². The molecule has 3 heterocycles. The molecule has 24 heavy (non-hydrogen) atoms. The fourth-order valence-electron chi connectivity index (χ4n) is 2.52. The molecule has 0 spiro atoms. The van der Waals surface area contributed by atoms with Crippen molar-refractivity contribution in [1.82, 2.24) is 15.3 Å². The van der Waals surface area contributed by atoms with E-state index in [2.05, 4.69) is 15.3 Å². The van der Waals surface area contributed by atoms with Crippen LogP contribution < -0.4 is 10.9 Å². The third-order valence-electron chi connectivity index (χ3n) is 3.78. The molecular weight excluding hydrogens is 342 g/mol. The number of hydrogen-bond acceptors (Lipinski definition) is 6. The number of thiophene rings is 2. The van der Waals surface area contributed by atoms with E-state index in [0.717, 1.165) is 41.5 Å². The third-order valence-corrected chi connectivity index (χ3v) is 5.55. The minimum Gasteiger partial charge on any atom is -0.382 e. The van der Waals surface area contributed by atoms with Gasteiger partial charge in [-0.05, 0) is 38.3 Å². The number of nitrogens with one attached hydrogen (secondary N) is 2. The lowest BCUT2D eigenvalue weighted by atomic mass is 10.2. The van der Waals surface area contributed by atoms with Crippen LogP contribution in [-0.2, 0) is 4.74 Å². The molecule has 5 nitrogen and oxygen atoms in total. The van der Waals surface area contributed by atoms with Crippen LogP contribution in [0.5, 0.6) is 0 Å². The Morgan fingerprint density at radius 2 is 2.29 bits per heavy atom. The van der Waals surface area contributed by atoms with Crippen molar-refractivity contribution in [2.75, 3.05) is 19.8 Å². The Balaban J connectivity index is 1.78. The zero-order valence-corrected chi connectivity index (χ0v) is 15.4. The minimum atomic E-state index is -0.0670. The molecule has 0 radical (unpaired) electrons. The van der Waals surface area contributed by atoms with E-state index < -0.39 is 0 Å². The summed E-state index contributed by atoms with van der Waals surface area (Å²) in [6.07, 6.45) is 0.937. The molecule has 0 amide bonds. The Bertz CT molecular complexity index is 839. The summed E-state index contributed by atoms with van der Waals surface area (Å²) in [5.74, 6) is 0.684. The third kappa shape index (κ3) is 3.75. The van der Waals surface area contributed by atoms with Crippen molar-refractivity contribution in [3.63, 3.8) is 0 Å². The Labute approximate surface area is 148 Å². The van der Waals surface area contributed by atoms with Crippen molar-refractivity contribution in [2.24, 2.45) is 0 Å². The van der Waals surface area contributed by atoms with Crippen molar-refractivity contribution >= 4 is 32.9 Å². The van der Waals surface area contributed by atoms with Crippen LogP contribution in [0.2, 0.25) is 0 Å². The van der Waals surface area contributed by atoms with Crippen LogP contribution in [0.4, 0.5) is 0 Å². The number of nitrogens with zero attached hydrogens (tertiary/aromatic N) is 1. The summed E-state index contributed by atoms with van der Waals surface area (Å²) in [6, 6.07) is 4.02. The van der Waals surface area contributed by atoms with Crippen molar-refractivity contribution in [3.8, 4) is 10.4 Å². The number of hydrogen-bond donors (Lipinski definition) is 2. The average molecular weight is 364 g/mol. The quantitative estimate of drug-likeness (QED) is 0.598. The molecule has 0 bridgehead atoms. The van der Waals surface area contributed by atoms with Gasteiger partial charge in [-0.3, -0.25) is 4.79 Å². The Hall–Kier alpha value is -1.54. The highest BCUT2D eigenvalue weighted by molar-refractivity contribution is 7.18. The van der Waals surface area contributed by atoms with Crippen LogP contribution in [0.3, 0.4) is 0 Å². The molecule has 128 valence electrons. The second kappa shape index (κ2) is 8.02. The first-order valence-corrected chi connectivity index (χ1v) is 9.83. The first kappa shape index (κ1) is 17.3.